The van der Waals surface area contributed by atoms with Crippen LogP contribution in [0.1, 0.15) is 67.9 Å². The molecule has 2 rings (SSSR count). The minimum Gasteiger partial charge on any atom is -0.480 e. The number of ether oxygens (including phenoxy) is 1. The number of benzene rings is 1. The zero-order valence-electron chi connectivity index (χ0n) is 16.3. The number of carboxylic acid groups (broad SMARTS) is 1. The highest BCUT2D eigenvalue weighted by molar-refractivity contribution is 5.98. The van der Waals surface area contributed by atoms with Gasteiger partial charge in [-0.1, -0.05) is 12.1 Å². The van der Waals surface area contributed by atoms with Crippen molar-refractivity contribution in [2.24, 2.45) is 0 Å². The number of hydrogen-bond acceptors (Lipinski definition) is 4. The Morgan fingerprint density at radius 3 is 2.52 bits per heavy atom. The molecule has 2 N–H and O–H groups in total. The average Bonchev–Trinajstić information content (AvgIpc) is 3.05. The molecule has 0 bridgehead atoms. The number of amides is 1. The molecular formula is C21H29NO5. The predicted octanol–water partition coefficient (Wildman–Crippen LogP) is 2.91. The van der Waals surface area contributed by atoms with Crippen LogP contribution in [0.2, 0.25) is 0 Å². The van der Waals surface area contributed by atoms with Crippen LogP contribution in [-0.4, -0.2) is 41.0 Å². The molecule has 1 aromatic carbocycles. The molecule has 0 aromatic heterocycles. The number of carbonyl (C=O) groups excluding carboxylic acids is 2. The minimum absolute atomic E-state index is 0.0280. The minimum atomic E-state index is -1.11. The van der Waals surface area contributed by atoms with Gasteiger partial charge in [-0.15, -0.1) is 0 Å². The Balaban J connectivity index is 1.81. The number of ketones is 1. The molecule has 1 amide bonds. The standard InChI is InChI=1S/C21H29NO5/c1-21(2,3)27-12-11-17(20(25)26)22-19(24)10-9-18(23)16-8-7-14-5-4-6-15(14)13-16/h7-8,13,17H,4-6,9-12H2,1-3H3,(H,22,24)(H,25,26). The van der Waals surface area contributed by atoms with Crippen molar-refractivity contribution < 1.29 is 24.2 Å². The van der Waals surface area contributed by atoms with E-state index in [1.807, 2.05) is 39.0 Å². The van der Waals surface area contributed by atoms with E-state index in [4.69, 9.17) is 4.74 Å². The first kappa shape index (κ1) is 21.1. The van der Waals surface area contributed by atoms with E-state index in [2.05, 4.69) is 5.32 Å². The second-order valence-corrected chi connectivity index (χ2v) is 7.97. The monoisotopic (exact) mass is 375 g/mol. The molecule has 0 saturated heterocycles. The third-order valence-corrected chi connectivity index (χ3v) is 4.57. The summed E-state index contributed by atoms with van der Waals surface area (Å²) in [5.41, 5.74) is 2.77. The lowest BCUT2D eigenvalue weighted by Crippen LogP contribution is -2.42. The van der Waals surface area contributed by atoms with Gasteiger partial charge in [0, 0.05) is 31.4 Å². The van der Waals surface area contributed by atoms with Gasteiger partial charge in [0.05, 0.1) is 5.60 Å². The summed E-state index contributed by atoms with van der Waals surface area (Å²) < 4.78 is 5.52. The van der Waals surface area contributed by atoms with Crippen molar-refractivity contribution in [3.05, 3.63) is 34.9 Å². The van der Waals surface area contributed by atoms with Crippen molar-refractivity contribution in [2.75, 3.05) is 6.61 Å². The zero-order chi connectivity index (χ0) is 20.0. The van der Waals surface area contributed by atoms with Crippen molar-refractivity contribution in [3.63, 3.8) is 0 Å². The summed E-state index contributed by atoms with van der Waals surface area (Å²) in [6.45, 7) is 5.87. The number of aryl methyl sites for hydroxylation is 2. The molecule has 0 spiro atoms. The smallest absolute Gasteiger partial charge is 0.326 e. The van der Waals surface area contributed by atoms with Gasteiger partial charge in [0.15, 0.2) is 5.78 Å². The van der Waals surface area contributed by atoms with Crippen LogP contribution in [0.4, 0.5) is 0 Å². The maximum Gasteiger partial charge on any atom is 0.326 e. The van der Waals surface area contributed by atoms with Crippen LogP contribution in [0.3, 0.4) is 0 Å². The number of aliphatic carboxylic acids is 1. The van der Waals surface area contributed by atoms with Gasteiger partial charge in [0.25, 0.3) is 0 Å². The molecule has 1 atom stereocenters. The van der Waals surface area contributed by atoms with Gasteiger partial charge >= 0.3 is 5.97 Å². The molecule has 6 nitrogen and oxygen atoms in total. The fraction of sp³-hybridized carbons (Fsp3) is 0.571. The first-order chi connectivity index (χ1) is 12.7. The Morgan fingerprint density at radius 2 is 1.85 bits per heavy atom. The van der Waals surface area contributed by atoms with E-state index in [1.165, 1.54) is 11.1 Å². The number of fused-ring (bicyclic) bond motifs is 1. The third-order valence-electron chi connectivity index (χ3n) is 4.57. The van der Waals surface area contributed by atoms with Gasteiger partial charge in [0.1, 0.15) is 6.04 Å². The van der Waals surface area contributed by atoms with Crippen molar-refractivity contribution in [1.82, 2.24) is 5.32 Å². The van der Waals surface area contributed by atoms with E-state index in [9.17, 15) is 19.5 Å². The van der Waals surface area contributed by atoms with Crippen molar-refractivity contribution in [2.45, 2.75) is 70.9 Å². The number of carboxylic acids is 1. The Morgan fingerprint density at radius 1 is 1.15 bits per heavy atom. The number of hydrogen-bond donors (Lipinski definition) is 2. The normalized spacial score (nSPS) is 14.5. The molecule has 0 fully saturated rings. The van der Waals surface area contributed by atoms with Gasteiger partial charge in [-0.2, -0.15) is 0 Å². The highest BCUT2D eigenvalue weighted by Crippen LogP contribution is 2.23. The number of carbonyl (C=O) groups is 3. The fourth-order valence-corrected chi connectivity index (χ4v) is 3.12. The van der Waals surface area contributed by atoms with E-state index in [1.54, 1.807) is 0 Å². The van der Waals surface area contributed by atoms with Crippen LogP contribution >= 0.6 is 0 Å². The summed E-state index contributed by atoms with van der Waals surface area (Å²) in [6, 6.07) is 4.71. The molecule has 27 heavy (non-hydrogen) atoms. The van der Waals surface area contributed by atoms with Crippen molar-refractivity contribution in [3.8, 4) is 0 Å². The van der Waals surface area contributed by atoms with E-state index >= 15 is 0 Å². The largest absolute Gasteiger partial charge is 0.480 e. The van der Waals surface area contributed by atoms with Crippen LogP contribution in [0, 0.1) is 0 Å². The van der Waals surface area contributed by atoms with Crippen LogP contribution in [0.15, 0.2) is 18.2 Å². The molecule has 1 aromatic rings. The number of nitrogens with one attached hydrogen (secondary N) is 1. The Hall–Kier alpha value is -2.21. The van der Waals surface area contributed by atoms with Crippen LogP contribution in [0.25, 0.3) is 0 Å². The predicted molar refractivity (Wildman–Crippen MR) is 102 cm³/mol. The highest BCUT2D eigenvalue weighted by atomic mass is 16.5. The van der Waals surface area contributed by atoms with E-state index in [0.717, 1.165) is 19.3 Å². The summed E-state index contributed by atoms with van der Waals surface area (Å²) in [5, 5.41) is 11.7. The maximum absolute atomic E-state index is 12.3. The van der Waals surface area contributed by atoms with E-state index in [0.29, 0.717) is 5.56 Å². The lowest BCUT2D eigenvalue weighted by atomic mass is 10.0. The zero-order valence-corrected chi connectivity index (χ0v) is 16.3. The molecule has 1 unspecified atom stereocenters. The molecular weight excluding hydrogens is 346 g/mol. The summed E-state index contributed by atoms with van der Waals surface area (Å²) in [4.78, 5) is 35.7. The van der Waals surface area contributed by atoms with Gasteiger partial charge in [0.2, 0.25) is 5.91 Å². The summed E-state index contributed by atoms with van der Waals surface area (Å²) in [6.07, 6.45) is 3.38. The van der Waals surface area contributed by atoms with Crippen LogP contribution in [0.5, 0.6) is 0 Å². The van der Waals surface area contributed by atoms with E-state index in [-0.39, 0.29) is 37.3 Å². The van der Waals surface area contributed by atoms with Crippen LogP contribution in [-0.2, 0) is 27.2 Å². The summed E-state index contributed by atoms with van der Waals surface area (Å²) in [5.74, 6) is -1.64. The van der Waals surface area contributed by atoms with E-state index < -0.39 is 17.9 Å². The summed E-state index contributed by atoms with van der Waals surface area (Å²) >= 11 is 0. The Labute approximate surface area is 160 Å². The van der Waals surface area contributed by atoms with Gasteiger partial charge in [-0.05, 0) is 57.2 Å². The lowest BCUT2D eigenvalue weighted by molar-refractivity contribution is -0.142. The molecule has 1 aliphatic rings. The SMILES string of the molecule is CC(C)(C)OCCC(NC(=O)CCC(=O)c1ccc2c(c1)CCC2)C(=O)O. The molecule has 1 aliphatic carbocycles. The lowest BCUT2D eigenvalue weighted by Gasteiger charge is -2.21. The van der Waals surface area contributed by atoms with Gasteiger partial charge in [-0.25, -0.2) is 4.79 Å². The summed E-state index contributed by atoms with van der Waals surface area (Å²) in [7, 11) is 0. The molecule has 0 aliphatic heterocycles. The number of Topliss-reactive ketones (excluding diaryl/α,β-unsaturated/α-hetero) is 1. The Kier molecular flexibility index (Phi) is 7.13. The highest BCUT2D eigenvalue weighted by Gasteiger charge is 2.22. The molecule has 0 saturated carbocycles. The second-order valence-electron chi connectivity index (χ2n) is 7.97. The maximum atomic E-state index is 12.3. The Bertz CT molecular complexity index is 705. The molecule has 0 radical (unpaired) electrons. The topological polar surface area (TPSA) is 92.7 Å². The first-order valence-corrected chi connectivity index (χ1v) is 9.47. The van der Waals surface area contributed by atoms with Crippen LogP contribution < -0.4 is 5.32 Å². The van der Waals surface area contributed by atoms with Gasteiger partial charge in [-0.3, -0.25) is 9.59 Å². The quantitative estimate of drug-likeness (QED) is 0.648. The van der Waals surface area contributed by atoms with Crippen molar-refractivity contribution in [1.29, 1.82) is 0 Å². The number of rotatable bonds is 9. The average molecular weight is 375 g/mol. The second kappa shape index (κ2) is 9.13. The molecule has 0 heterocycles. The third kappa shape index (κ3) is 6.79. The fourth-order valence-electron chi connectivity index (χ4n) is 3.12. The van der Waals surface area contributed by atoms with Crippen molar-refractivity contribution >= 4 is 17.7 Å². The first-order valence-electron chi connectivity index (χ1n) is 9.47. The molecule has 6 heteroatoms. The van der Waals surface area contributed by atoms with Gasteiger partial charge < -0.3 is 15.2 Å². The molecule has 148 valence electrons.